The van der Waals surface area contributed by atoms with Crippen LogP contribution in [0.4, 0.5) is 0 Å². The molecule has 2 aliphatic rings. The summed E-state index contributed by atoms with van der Waals surface area (Å²) in [6, 6.07) is 4.28. The molecule has 0 amide bonds. The van der Waals surface area contributed by atoms with Crippen molar-refractivity contribution < 1.29 is 0 Å². The Hall–Kier alpha value is -1.09. The molecule has 1 saturated carbocycles. The smallest absolute Gasteiger partial charge is 0.250 e. The summed E-state index contributed by atoms with van der Waals surface area (Å²) in [6.07, 6.45) is 10.2. The predicted octanol–water partition coefficient (Wildman–Crippen LogP) is 2.90. The zero-order valence-corrected chi connectivity index (χ0v) is 13.2. The molecule has 3 heteroatoms. The Kier molecular flexibility index (Phi) is 4.79. The second-order valence-corrected chi connectivity index (χ2v) is 6.67. The highest BCUT2D eigenvalue weighted by molar-refractivity contribution is 5.25. The molecule has 0 radical (unpaired) electrons. The minimum atomic E-state index is 0.189. The summed E-state index contributed by atoms with van der Waals surface area (Å²) in [6.45, 7) is 4.03. The van der Waals surface area contributed by atoms with E-state index in [0.29, 0.717) is 6.04 Å². The molecule has 0 saturated heterocycles. The fourth-order valence-electron chi connectivity index (χ4n) is 4.21. The third-order valence-corrected chi connectivity index (χ3v) is 5.31. The van der Waals surface area contributed by atoms with Gasteiger partial charge in [0.2, 0.25) is 0 Å². The lowest BCUT2D eigenvalue weighted by molar-refractivity contribution is 0.247. The van der Waals surface area contributed by atoms with E-state index in [2.05, 4.69) is 16.8 Å². The largest absolute Gasteiger partial charge is 0.312 e. The van der Waals surface area contributed by atoms with Crippen molar-refractivity contribution in [1.82, 2.24) is 9.88 Å². The quantitative estimate of drug-likeness (QED) is 0.904. The molecule has 1 aromatic heterocycles. The SMILES string of the molecule is CCNC(Cn1c2c(ccc1=O)CCC2)C1CCCCC1. The van der Waals surface area contributed by atoms with Crippen molar-refractivity contribution in [2.75, 3.05) is 6.54 Å². The van der Waals surface area contributed by atoms with Crippen molar-refractivity contribution in [1.29, 1.82) is 0 Å². The predicted molar refractivity (Wildman–Crippen MR) is 86.8 cm³/mol. The lowest BCUT2D eigenvalue weighted by Crippen LogP contribution is -2.43. The molecule has 1 heterocycles. The summed E-state index contributed by atoms with van der Waals surface area (Å²) in [4.78, 5) is 12.3. The molecule has 1 atom stereocenters. The Bertz CT molecular complexity index is 529. The summed E-state index contributed by atoms with van der Waals surface area (Å²) >= 11 is 0. The fourth-order valence-corrected chi connectivity index (χ4v) is 4.21. The number of likely N-dealkylation sites (N-methyl/N-ethyl adjacent to an activating group) is 1. The van der Waals surface area contributed by atoms with E-state index < -0.39 is 0 Å². The molecule has 0 bridgehead atoms. The molecule has 0 aromatic carbocycles. The van der Waals surface area contributed by atoms with E-state index in [-0.39, 0.29) is 5.56 Å². The molecule has 116 valence electrons. The highest BCUT2D eigenvalue weighted by Gasteiger charge is 2.25. The normalized spacial score (nSPS) is 20.4. The van der Waals surface area contributed by atoms with E-state index in [9.17, 15) is 4.79 Å². The van der Waals surface area contributed by atoms with Gasteiger partial charge < -0.3 is 9.88 Å². The van der Waals surface area contributed by atoms with Crippen LogP contribution in [0.1, 0.15) is 56.7 Å². The maximum atomic E-state index is 12.3. The maximum absolute atomic E-state index is 12.3. The maximum Gasteiger partial charge on any atom is 0.250 e. The van der Waals surface area contributed by atoms with Gasteiger partial charge in [0.1, 0.15) is 0 Å². The highest BCUT2D eigenvalue weighted by atomic mass is 16.1. The number of aromatic nitrogens is 1. The first kappa shape index (κ1) is 14.8. The third-order valence-electron chi connectivity index (χ3n) is 5.31. The number of nitrogens with one attached hydrogen (secondary N) is 1. The number of nitrogens with zero attached hydrogens (tertiary/aromatic N) is 1. The van der Waals surface area contributed by atoms with Crippen LogP contribution >= 0.6 is 0 Å². The van der Waals surface area contributed by atoms with Crippen molar-refractivity contribution in [2.24, 2.45) is 5.92 Å². The van der Waals surface area contributed by atoms with Gasteiger partial charge in [0.25, 0.3) is 5.56 Å². The molecule has 0 spiro atoms. The molecule has 1 unspecified atom stereocenters. The van der Waals surface area contributed by atoms with Crippen molar-refractivity contribution in [3.8, 4) is 0 Å². The summed E-state index contributed by atoms with van der Waals surface area (Å²) in [5.41, 5.74) is 2.89. The Morgan fingerprint density at radius 3 is 2.76 bits per heavy atom. The first-order chi connectivity index (χ1) is 10.3. The number of hydrogen-bond donors (Lipinski definition) is 1. The molecule has 1 aromatic rings. The van der Waals surface area contributed by atoms with Gasteiger partial charge in [-0.25, -0.2) is 0 Å². The standard InChI is InChI=1S/C18H28N2O/c1-2-19-16(14-7-4-3-5-8-14)13-20-17-10-6-9-15(17)11-12-18(20)21/h11-12,14,16,19H,2-10,13H2,1H3. The highest BCUT2D eigenvalue weighted by Crippen LogP contribution is 2.28. The summed E-state index contributed by atoms with van der Waals surface area (Å²) in [7, 11) is 0. The Morgan fingerprint density at radius 1 is 1.19 bits per heavy atom. The van der Waals surface area contributed by atoms with Crippen molar-refractivity contribution in [2.45, 2.75) is 70.9 Å². The molecule has 1 N–H and O–H groups in total. The first-order valence-corrected chi connectivity index (χ1v) is 8.74. The van der Waals surface area contributed by atoms with E-state index in [0.717, 1.165) is 31.8 Å². The van der Waals surface area contributed by atoms with Gasteiger partial charge in [-0.1, -0.05) is 32.3 Å². The van der Waals surface area contributed by atoms with E-state index in [4.69, 9.17) is 0 Å². The zero-order valence-electron chi connectivity index (χ0n) is 13.2. The number of rotatable bonds is 5. The molecule has 2 aliphatic carbocycles. The van der Waals surface area contributed by atoms with Crippen LogP contribution in [0.2, 0.25) is 0 Å². The monoisotopic (exact) mass is 288 g/mol. The number of hydrogen-bond acceptors (Lipinski definition) is 2. The van der Waals surface area contributed by atoms with Crippen LogP contribution in [0.25, 0.3) is 0 Å². The average molecular weight is 288 g/mol. The minimum Gasteiger partial charge on any atom is -0.312 e. The van der Waals surface area contributed by atoms with Gasteiger partial charge in [-0.3, -0.25) is 4.79 Å². The van der Waals surface area contributed by atoms with Gasteiger partial charge in [-0.15, -0.1) is 0 Å². The van der Waals surface area contributed by atoms with Crippen LogP contribution in [0.15, 0.2) is 16.9 Å². The Morgan fingerprint density at radius 2 is 2.00 bits per heavy atom. The van der Waals surface area contributed by atoms with E-state index >= 15 is 0 Å². The van der Waals surface area contributed by atoms with E-state index in [1.54, 1.807) is 6.07 Å². The second kappa shape index (κ2) is 6.78. The van der Waals surface area contributed by atoms with Gasteiger partial charge >= 0.3 is 0 Å². The van der Waals surface area contributed by atoms with Crippen LogP contribution in [0.5, 0.6) is 0 Å². The topological polar surface area (TPSA) is 34.0 Å². The summed E-state index contributed by atoms with van der Waals surface area (Å²) in [5.74, 6) is 0.739. The lowest BCUT2D eigenvalue weighted by atomic mass is 9.83. The molecule has 3 nitrogen and oxygen atoms in total. The van der Waals surface area contributed by atoms with Crippen molar-refractivity contribution >= 4 is 0 Å². The molecular formula is C18H28N2O. The minimum absolute atomic E-state index is 0.189. The van der Waals surface area contributed by atoms with Gasteiger partial charge in [0, 0.05) is 24.3 Å². The number of aryl methyl sites for hydroxylation is 1. The van der Waals surface area contributed by atoms with Gasteiger partial charge in [0.15, 0.2) is 0 Å². The molecule has 21 heavy (non-hydrogen) atoms. The van der Waals surface area contributed by atoms with Gasteiger partial charge in [0.05, 0.1) is 0 Å². The average Bonchev–Trinajstić information content (AvgIpc) is 2.99. The van der Waals surface area contributed by atoms with Gasteiger partial charge in [-0.2, -0.15) is 0 Å². The second-order valence-electron chi connectivity index (χ2n) is 6.67. The summed E-state index contributed by atoms with van der Waals surface area (Å²) < 4.78 is 2.07. The van der Waals surface area contributed by atoms with Crippen LogP contribution in [0, 0.1) is 5.92 Å². The van der Waals surface area contributed by atoms with Crippen LogP contribution in [-0.2, 0) is 19.4 Å². The van der Waals surface area contributed by atoms with Crippen LogP contribution in [-0.4, -0.2) is 17.2 Å². The zero-order chi connectivity index (χ0) is 14.7. The Balaban J connectivity index is 1.82. The number of fused-ring (bicyclic) bond motifs is 1. The lowest BCUT2D eigenvalue weighted by Gasteiger charge is -2.32. The molecular weight excluding hydrogens is 260 g/mol. The van der Waals surface area contributed by atoms with E-state index in [1.165, 1.54) is 49.8 Å². The van der Waals surface area contributed by atoms with Crippen LogP contribution < -0.4 is 10.9 Å². The number of pyridine rings is 1. The van der Waals surface area contributed by atoms with Crippen LogP contribution in [0.3, 0.4) is 0 Å². The molecule has 1 fully saturated rings. The first-order valence-electron chi connectivity index (χ1n) is 8.74. The summed E-state index contributed by atoms with van der Waals surface area (Å²) in [5, 5.41) is 3.66. The van der Waals surface area contributed by atoms with Crippen molar-refractivity contribution in [3.63, 3.8) is 0 Å². The molecule has 3 rings (SSSR count). The third kappa shape index (κ3) is 3.23. The van der Waals surface area contributed by atoms with Crippen molar-refractivity contribution in [3.05, 3.63) is 33.7 Å². The fraction of sp³-hybridized carbons (Fsp3) is 0.722. The Labute approximate surface area is 127 Å². The molecule has 0 aliphatic heterocycles. The van der Waals surface area contributed by atoms with Gasteiger partial charge in [-0.05, 0) is 50.1 Å². The van der Waals surface area contributed by atoms with E-state index in [1.807, 2.05) is 6.07 Å².